The number of aliphatic hydroxyl groups is 1. The molecule has 0 rings (SSSR count). The molecule has 0 aromatic carbocycles. The summed E-state index contributed by atoms with van der Waals surface area (Å²) in [5, 5.41) is 8.45. The largest absolute Gasteiger partial charge is 0.392 e. The highest BCUT2D eigenvalue weighted by Crippen LogP contribution is 2.05. The number of hydrogen-bond acceptors (Lipinski definition) is 2. The molecule has 0 fully saturated rings. The summed E-state index contributed by atoms with van der Waals surface area (Å²) < 4.78 is 0. The molecule has 9 heavy (non-hydrogen) atoms. The second kappa shape index (κ2) is 6.17. The maximum absolute atomic E-state index is 8.45. The maximum Gasteiger partial charge on any atom is 0.0615 e. The highest BCUT2D eigenvalue weighted by molar-refractivity contribution is 7.99. The first-order valence-corrected chi connectivity index (χ1v) is 4.31. The molecular formula is C7H14OS. The van der Waals surface area contributed by atoms with Crippen molar-refractivity contribution in [2.24, 2.45) is 0 Å². The first-order valence-electron chi connectivity index (χ1n) is 3.15. The van der Waals surface area contributed by atoms with Crippen molar-refractivity contribution in [3.8, 4) is 0 Å². The van der Waals surface area contributed by atoms with Gasteiger partial charge in [0.2, 0.25) is 0 Å². The van der Waals surface area contributed by atoms with Crippen molar-refractivity contribution in [3.63, 3.8) is 0 Å². The van der Waals surface area contributed by atoms with Gasteiger partial charge < -0.3 is 5.11 Å². The van der Waals surface area contributed by atoms with E-state index in [9.17, 15) is 0 Å². The van der Waals surface area contributed by atoms with Crippen LogP contribution in [0.5, 0.6) is 0 Å². The average Bonchev–Trinajstić information content (AvgIpc) is 1.85. The van der Waals surface area contributed by atoms with Crippen molar-refractivity contribution < 1.29 is 5.11 Å². The zero-order valence-corrected chi connectivity index (χ0v) is 6.87. The van der Waals surface area contributed by atoms with Crippen molar-refractivity contribution in [2.75, 3.05) is 18.1 Å². The number of thioether (sulfide) groups is 1. The lowest BCUT2D eigenvalue weighted by Crippen LogP contribution is -1.84. The first-order chi connectivity index (χ1) is 4.31. The van der Waals surface area contributed by atoms with Gasteiger partial charge >= 0.3 is 0 Å². The van der Waals surface area contributed by atoms with Crippen LogP contribution in [0.25, 0.3) is 0 Å². The predicted octanol–water partition coefficient (Wildman–Crippen LogP) is 1.68. The molecule has 0 saturated heterocycles. The highest BCUT2D eigenvalue weighted by atomic mass is 32.2. The van der Waals surface area contributed by atoms with Crippen LogP contribution in [0.4, 0.5) is 0 Å². The smallest absolute Gasteiger partial charge is 0.0615 e. The molecule has 0 aromatic rings. The van der Waals surface area contributed by atoms with Crippen LogP contribution in [0, 0.1) is 0 Å². The molecule has 0 radical (unpaired) electrons. The molecule has 0 atom stereocenters. The minimum atomic E-state index is 0.177. The minimum absolute atomic E-state index is 0.177. The van der Waals surface area contributed by atoms with E-state index in [1.165, 1.54) is 5.57 Å². The van der Waals surface area contributed by atoms with Crippen LogP contribution in [0.2, 0.25) is 0 Å². The lowest BCUT2D eigenvalue weighted by atomic mass is 10.3. The summed E-state index contributed by atoms with van der Waals surface area (Å²) in [5.74, 6) is 2.20. The summed E-state index contributed by atoms with van der Waals surface area (Å²) in [4.78, 5) is 0. The van der Waals surface area contributed by atoms with Gasteiger partial charge in [-0.2, -0.15) is 11.8 Å². The fourth-order valence-corrected chi connectivity index (χ4v) is 1.12. The van der Waals surface area contributed by atoms with E-state index in [0.29, 0.717) is 0 Å². The van der Waals surface area contributed by atoms with E-state index in [1.807, 2.05) is 24.8 Å². The van der Waals surface area contributed by atoms with E-state index in [4.69, 9.17) is 5.11 Å². The average molecular weight is 146 g/mol. The molecule has 0 aliphatic carbocycles. The van der Waals surface area contributed by atoms with Gasteiger partial charge in [-0.25, -0.2) is 0 Å². The standard InChI is InChI=1S/C7H14OS/c1-3-9-6-7(2)4-5-8/h4,8H,3,5-6H2,1-2H3/b7-4+. The summed E-state index contributed by atoms with van der Waals surface area (Å²) >= 11 is 1.88. The number of hydrogen-bond donors (Lipinski definition) is 1. The Kier molecular flexibility index (Phi) is 6.21. The molecule has 0 aliphatic rings. The van der Waals surface area contributed by atoms with E-state index in [1.54, 1.807) is 0 Å². The van der Waals surface area contributed by atoms with Crippen molar-refractivity contribution in [1.29, 1.82) is 0 Å². The van der Waals surface area contributed by atoms with Gasteiger partial charge in [-0.3, -0.25) is 0 Å². The third-order valence-electron chi connectivity index (χ3n) is 0.974. The normalized spacial score (nSPS) is 12.1. The molecule has 0 aromatic heterocycles. The molecule has 54 valence electrons. The fourth-order valence-electron chi connectivity index (χ4n) is 0.478. The van der Waals surface area contributed by atoms with Gasteiger partial charge in [0, 0.05) is 5.75 Å². The molecule has 2 heteroatoms. The van der Waals surface area contributed by atoms with E-state index >= 15 is 0 Å². The molecule has 0 unspecified atom stereocenters. The highest BCUT2D eigenvalue weighted by Gasteiger charge is 1.86. The van der Waals surface area contributed by atoms with E-state index in [2.05, 4.69) is 6.92 Å². The Hall–Kier alpha value is 0.0500. The van der Waals surface area contributed by atoms with Crippen LogP contribution in [0.1, 0.15) is 13.8 Å². The van der Waals surface area contributed by atoms with Crippen molar-refractivity contribution in [3.05, 3.63) is 11.6 Å². The first kappa shape index (κ1) is 9.05. The molecular weight excluding hydrogens is 132 g/mol. The van der Waals surface area contributed by atoms with Crippen LogP contribution in [0.3, 0.4) is 0 Å². The number of rotatable bonds is 4. The van der Waals surface area contributed by atoms with Crippen LogP contribution in [-0.2, 0) is 0 Å². The van der Waals surface area contributed by atoms with Gasteiger partial charge in [0.15, 0.2) is 0 Å². The quantitative estimate of drug-likeness (QED) is 0.609. The van der Waals surface area contributed by atoms with Crippen LogP contribution in [0.15, 0.2) is 11.6 Å². The van der Waals surface area contributed by atoms with Crippen molar-refractivity contribution in [2.45, 2.75) is 13.8 Å². The fraction of sp³-hybridized carbons (Fsp3) is 0.714. The zero-order valence-electron chi connectivity index (χ0n) is 6.05. The van der Waals surface area contributed by atoms with Crippen LogP contribution >= 0.6 is 11.8 Å². The summed E-state index contributed by atoms with van der Waals surface area (Å²) in [6, 6.07) is 0. The molecule has 0 aliphatic heterocycles. The Morgan fingerprint density at radius 2 is 2.33 bits per heavy atom. The van der Waals surface area contributed by atoms with Gasteiger partial charge in [-0.15, -0.1) is 0 Å². The Morgan fingerprint density at radius 1 is 1.67 bits per heavy atom. The lowest BCUT2D eigenvalue weighted by Gasteiger charge is -1.96. The molecule has 0 heterocycles. The molecule has 0 saturated carbocycles. The lowest BCUT2D eigenvalue weighted by molar-refractivity contribution is 0.342. The molecule has 0 bridgehead atoms. The van der Waals surface area contributed by atoms with E-state index < -0.39 is 0 Å². The van der Waals surface area contributed by atoms with Gasteiger partial charge in [-0.1, -0.05) is 18.6 Å². The molecule has 1 N–H and O–H groups in total. The third-order valence-corrected chi connectivity index (χ3v) is 2.04. The van der Waals surface area contributed by atoms with Crippen LogP contribution < -0.4 is 0 Å². The van der Waals surface area contributed by atoms with Gasteiger partial charge in [0.05, 0.1) is 6.61 Å². The molecule has 0 amide bonds. The molecule has 0 spiro atoms. The Bertz CT molecular complexity index is 88.9. The summed E-state index contributed by atoms with van der Waals surface area (Å²) in [7, 11) is 0. The Labute approximate surface area is 61.2 Å². The molecule has 1 nitrogen and oxygen atoms in total. The van der Waals surface area contributed by atoms with Crippen molar-refractivity contribution >= 4 is 11.8 Å². The van der Waals surface area contributed by atoms with Gasteiger partial charge in [0.25, 0.3) is 0 Å². The van der Waals surface area contributed by atoms with Crippen LogP contribution in [-0.4, -0.2) is 23.2 Å². The maximum atomic E-state index is 8.45. The van der Waals surface area contributed by atoms with Gasteiger partial charge in [-0.05, 0) is 12.7 Å². The summed E-state index contributed by atoms with van der Waals surface area (Å²) in [5.41, 5.74) is 1.27. The van der Waals surface area contributed by atoms with E-state index in [-0.39, 0.29) is 6.61 Å². The SMILES string of the molecule is CCSC/C(C)=C/CO. The zero-order chi connectivity index (χ0) is 7.11. The third kappa shape index (κ3) is 5.93. The topological polar surface area (TPSA) is 20.2 Å². The summed E-state index contributed by atoms with van der Waals surface area (Å²) in [6.45, 7) is 4.35. The Morgan fingerprint density at radius 3 is 2.78 bits per heavy atom. The second-order valence-corrected chi connectivity index (χ2v) is 3.14. The Balaban J connectivity index is 3.25. The minimum Gasteiger partial charge on any atom is -0.392 e. The van der Waals surface area contributed by atoms with E-state index in [0.717, 1.165) is 11.5 Å². The second-order valence-electron chi connectivity index (χ2n) is 1.87. The van der Waals surface area contributed by atoms with Gasteiger partial charge in [0.1, 0.15) is 0 Å². The monoisotopic (exact) mass is 146 g/mol. The van der Waals surface area contributed by atoms with Crippen molar-refractivity contribution in [1.82, 2.24) is 0 Å². The predicted molar refractivity (Wildman–Crippen MR) is 43.8 cm³/mol. The summed E-state index contributed by atoms with van der Waals surface area (Å²) in [6.07, 6.45) is 1.85. The number of aliphatic hydroxyl groups excluding tert-OH is 1.